The largest absolute Gasteiger partial charge is 0.480 e. The Labute approximate surface area is 101 Å². The lowest BCUT2D eigenvalue weighted by molar-refractivity contribution is -0.143. The van der Waals surface area contributed by atoms with Crippen molar-refractivity contribution in [3.8, 4) is 5.88 Å². The summed E-state index contributed by atoms with van der Waals surface area (Å²) in [6.45, 7) is 0. The van der Waals surface area contributed by atoms with Gasteiger partial charge in [0.1, 0.15) is 0 Å². The van der Waals surface area contributed by atoms with Gasteiger partial charge in [-0.3, -0.25) is 0 Å². The van der Waals surface area contributed by atoms with Crippen molar-refractivity contribution in [2.45, 2.75) is 12.6 Å². The summed E-state index contributed by atoms with van der Waals surface area (Å²) >= 11 is 1.58. The highest BCUT2D eigenvalue weighted by atomic mass is 127. The molecule has 0 N–H and O–H groups in total. The van der Waals surface area contributed by atoms with Gasteiger partial charge in [-0.1, -0.05) is 0 Å². The molecule has 0 atom stereocenters. The van der Waals surface area contributed by atoms with Gasteiger partial charge in [-0.25, -0.2) is 13.8 Å². The van der Waals surface area contributed by atoms with Crippen molar-refractivity contribution in [1.29, 1.82) is 0 Å². The van der Waals surface area contributed by atoms with E-state index in [0.29, 0.717) is 0 Å². The number of ether oxygens (including phenoxy) is 1. The minimum absolute atomic E-state index is 0.100. The Balaban J connectivity index is 3.43. The second-order valence-electron chi connectivity index (χ2n) is 2.72. The molecule has 8 heteroatoms. The van der Waals surface area contributed by atoms with Crippen LogP contribution >= 0.6 is 22.6 Å². The predicted octanol–water partition coefficient (Wildman–Crippen LogP) is 3.65. The molecular weight excluding hydrogens is 348 g/mol. The first-order valence-corrected chi connectivity index (χ1v) is 4.95. The van der Waals surface area contributed by atoms with Crippen molar-refractivity contribution in [1.82, 2.24) is 4.98 Å². The topological polar surface area (TPSA) is 22.1 Å². The van der Waals surface area contributed by atoms with Crippen molar-refractivity contribution in [2.24, 2.45) is 0 Å². The van der Waals surface area contributed by atoms with Crippen LogP contribution in [0.4, 0.5) is 22.0 Å². The summed E-state index contributed by atoms with van der Waals surface area (Å²) < 4.78 is 66.6. The van der Waals surface area contributed by atoms with Crippen LogP contribution in [0.15, 0.2) is 6.07 Å². The maximum atomic E-state index is 12.4. The van der Waals surface area contributed by atoms with Crippen LogP contribution in [0, 0.1) is 3.57 Å². The molecule has 0 aromatic carbocycles. The molecule has 0 unspecified atom stereocenters. The maximum Gasteiger partial charge on any atom is 0.433 e. The maximum absolute atomic E-state index is 12.4. The summed E-state index contributed by atoms with van der Waals surface area (Å²) in [5.41, 5.74) is -2.75. The smallest absolute Gasteiger partial charge is 0.433 e. The van der Waals surface area contributed by atoms with Crippen molar-refractivity contribution in [3.63, 3.8) is 0 Å². The SMILES string of the molecule is COc1nc(C(F)(F)F)c(C(F)F)cc1I. The van der Waals surface area contributed by atoms with Crippen LogP contribution in [0.25, 0.3) is 0 Å². The molecule has 0 aliphatic rings. The molecule has 1 aromatic heterocycles. The molecule has 0 amide bonds. The molecule has 1 heterocycles. The van der Waals surface area contributed by atoms with E-state index in [9.17, 15) is 22.0 Å². The van der Waals surface area contributed by atoms with Gasteiger partial charge in [-0.2, -0.15) is 13.2 Å². The van der Waals surface area contributed by atoms with Crippen molar-refractivity contribution in [2.75, 3.05) is 7.11 Å². The van der Waals surface area contributed by atoms with Gasteiger partial charge in [0, 0.05) is 5.56 Å². The van der Waals surface area contributed by atoms with Crippen molar-refractivity contribution < 1.29 is 26.7 Å². The summed E-state index contributed by atoms with van der Waals surface area (Å²) in [4.78, 5) is 3.05. The average Bonchev–Trinajstić information content (AvgIpc) is 2.15. The lowest BCUT2D eigenvalue weighted by atomic mass is 10.2. The van der Waals surface area contributed by atoms with Crippen molar-refractivity contribution >= 4 is 22.6 Å². The molecule has 16 heavy (non-hydrogen) atoms. The fourth-order valence-electron chi connectivity index (χ4n) is 1.02. The minimum Gasteiger partial charge on any atom is -0.480 e. The zero-order valence-corrected chi connectivity index (χ0v) is 9.94. The molecule has 90 valence electrons. The number of methoxy groups -OCH3 is 1. The Morgan fingerprint density at radius 2 is 1.94 bits per heavy atom. The van der Waals surface area contributed by atoms with Gasteiger partial charge < -0.3 is 4.74 Å². The first kappa shape index (κ1) is 13.4. The standard InChI is InChI=1S/C8H5F5INO/c1-16-7-4(14)2-3(6(9)10)5(15-7)8(11,12)13/h2,6H,1H3. The Hall–Kier alpha value is -0.670. The van der Waals surface area contributed by atoms with E-state index >= 15 is 0 Å². The van der Waals surface area contributed by atoms with E-state index in [-0.39, 0.29) is 9.45 Å². The average molecular weight is 353 g/mol. The molecule has 0 fully saturated rings. The van der Waals surface area contributed by atoms with Crippen LogP contribution < -0.4 is 4.74 Å². The summed E-state index contributed by atoms with van der Waals surface area (Å²) in [6.07, 6.45) is -8.16. The third-order valence-corrected chi connectivity index (χ3v) is 2.44. The number of pyridine rings is 1. The minimum atomic E-state index is -4.93. The molecule has 0 saturated carbocycles. The highest BCUT2D eigenvalue weighted by Gasteiger charge is 2.38. The molecule has 0 aliphatic carbocycles. The summed E-state index contributed by atoms with van der Waals surface area (Å²) in [6, 6.07) is 0.722. The van der Waals surface area contributed by atoms with Gasteiger partial charge in [-0.05, 0) is 28.7 Å². The third-order valence-electron chi connectivity index (χ3n) is 1.67. The molecule has 2 nitrogen and oxygen atoms in total. The van der Waals surface area contributed by atoms with Gasteiger partial charge >= 0.3 is 6.18 Å². The number of aromatic nitrogens is 1. The number of rotatable bonds is 2. The molecule has 0 spiro atoms. The summed E-state index contributed by atoms with van der Waals surface area (Å²) in [7, 11) is 1.12. The summed E-state index contributed by atoms with van der Waals surface area (Å²) in [5, 5.41) is 0. The van der Waals surface area contributed by atoms with E-state index in [4.69, 9.17) is 0 Å². The monoisotopic (exact) mass is 353 g/mol. The summed E-state index contributed by atoms with van der Waals surface area (Å²) in [5.74, 6) is -0.322. The van der Waals surface area contributed by atoms with E-state index in [2.05, 4.69) is 9.72 Å². The zero-order chi connectivity index (χ0) is 12.5. The molecule has 0 aliphatic heterocycles. The lowest BCUT2D eigenvalue weighted by Crippen LogP contribution is -2.14. The first-order valence-electron chi connectivity index (χ1n) is 3.87. The van der Waals surface area contributed by atoms with Crippen LogP contribution in [0.5, 0.6) is 5.88 Å². The van der Waals surface area contributed by atoms with Crippen LogP contribution in [0.3, 0.4) is 0 Å². The quantitative estimate of drug-likeness (QED) is 0.598. The van der Waals surface area contributed by atoms with Crippen LogP contribution in [0.1, 0.15) is 17.7 Å². The first-order chi connectivity index (χ1) is 7.27. The number of halogens is 6. The number of alkyl halides is 5. The second-order valence-corrected chi connectivity index (χ2v) is 3.88. The Bertz CT molecular complexity index is 393. The van der Waals surface area contributed by atoms with E-state index in [1.807, 2.05) is 0 Å². The lowest BCUT2D eigenvalue weighted by Gasteiger charge is -2.13. The third kappa shape index (κ3) is 2.71. The van der Waals surface area contributed by atoms with Gasteiger partial charge in [-0.15, -0.1) is 0 Å². The van der Waals surface area contributed by atoms with E-state index in [1.165, 1.54) is 0 Å². The fraction of sp³-hybridized carbons (Fsp3) is 0.375. The van der Waals surface area contributed by atoms with Crippen molar-refractivity contribution in [3.05, 3.63) is 20.9 Å². The van der Waals surface area contributed by atoms with E-state index < -0.39 is 23.9 Å². The number of hydrogen-bond donors (Lipinski definition) is 0. The van der Waals surface area contributed by atoms with E-state index in [1.54, 1.807) is 22.6 Å². The Morgan fingerprint density at radius 3 is 2.31 bits per heavy atom. The normalized spacial score (nSPS) is 12.0. The zero-order valence-electron chi connectivity index (χ0n) is 7.78. The Kier molecular flexibility index (Phi) is 3.92. The molecule has 0 saturated heterocycles. The number of nitrogens with zero attached hydrogens (tertiary/aromatic N) is 1. The molecule has 1 aromatic rings. The Morgan fingerprint density at radius 1 is 1.38 bits per heavy atom. The van der Waals surface area contributed by atoms with Gasteiger partial charge in [0.2, 0.25) is 5.88 Å². The van der Waals surface area contributed by atoms with Crippen LogP contribution in [-0.2, 0) is 6.18 Å². The van der Waals surface area contributed by atoms with E-state index in [0.717, 1.165) is 13.2 Å². The molecule has 0 bridgehead atoms. The number of hydrogen-bond acceptors (Lipinski definition) is 2. The van der Waals surface area contributed by atoms with Gasteiger partial charge in [0.15, 0.2) is 5.69 Å². The predicted molar refractivity (Wildman–Crippen MR) is 53.5 cm³/mol. The molecule has 0 radical (unpaired) electrons. The van der Waals surface area contributed by atoms with Gasteiger partial charge in [0.05, 0.1) is 10.7 Å². The highest BCUT2D eigenvalue weighted by Crippen LogP contribution is 2.37. The van der Waals surface area contributed by atoms with Crippen LogP contribution in [-0.4, -0.2) is 12.1 Å². The van der Waals surface area contributed by atoms with Gasteiger partial charge in [0.25, 0.3) is 6.43 Å². The molecular formula is C8H5F5INO. The fourth-order valence-corrected chi connectivity index (χ4v) is 1.70. The van der Waals surface area contributed by atoms with Crippen LogP contribution in [0.2, 0.25) is 0 Å². The molecule has 1 rings (SSSR count). The second kappa shape index (κ2) is 4.68. The highest BCUT2D eigenvalue weighted by molar-refractivity contribution is 14.1.